The molecule has 0 aromatic heterocycles. The Kier molecular flexibility index (Phi) is 7.41. The summed E-state index contributed by atoms with van der Waals surface area (Å²) in [6, 6.07) is 5.54. The van der Waals surface area contributed by atoms with Crippen molar-refractivity contribution in [1.82, 2.24) is 9.03 Å². The zero-order chi connectivity index (χ0) is 25.4. The molecule has 8 nitrogen and oxygen atoms in total. The lowest BCUT2D eigenvalue weighted by atomic mass is 10.1. The van der Waals surface area contributed by atoms with Crippen LogP contribution in [0.2, 0.25) is 10.0 Å². The average Bonchev–Trinajstić information content (AvgIpc) is 2.67. The smallest absolute Gasteiger partial charge is 0.486 e. The van der Waals surface area contributed by atoms with Crippen molar-refractivity contribution in [3.05, 3.63) is 51.8 Å². The maximum Gasteiger partial charge on any atom is 0.573 e. The minimum absolute atomic E-state index is 0.219. The number of benzene rings is 2. The molecule has 0 saturated carbocycles. The van der Waals surface area contributed by atoms with Crippen LogP contribution in [0.1, 0.15) is 10.4 Å². The average molecular weight is 546 g/mol. The van der Waals surface area contributed by atoms with Crippen molar-refractivity contribution in [2.45, 2.75) is 12.5 Å². The standard InChI is InChI=1S/C19H17Cl2F4N3O5S/c1-27(2)34(30,31)26-18(29)12-6-13(20)15(22)7-17(12)32-11-8-28(9-11)10-3-4-16(14(21)5-10)33-19(23,24)25/h3-7,11H,8-9H2,1-2H3,(H,26,29). The Bertz CT molecular complexity index is 1210. The van der Waals surface area contributed by atoms with Crippen LogP contribution in [0.5, 0.6) is 11.5 Å². The van der Waals surface area contributed by atoms with E-state index in [0.717, 1.165) is 22.5 Å². The van der Waals surface area contributed by atoms with E-state index in [9.17, 15) is 30.8 Å². The van der Waals surface area contributed by atoms with Crippen LogP contribution in [0.4, 0.5) is 23.2 Å². The summed E-state index contributed by atoms with van der Waals surface area (Å²) in [7, 11) is -1.71. The molecule has 0 radical (unpaired) electrons. The maximum atomic E-state index is 14.0. The summed E-state index contributed by atoms with van der Waals surface area (Å²) in [5.74, 6) is -2.74. The van der Waals surface area contributed by atoms with Gasteiger partial charge in [-0.25, -0.2) is 9.11 Å². The van der Waals surface area contributed by atoms with E-state index in [0.29, 0.717) is 5.69 Å². The van der Waals surface area contributed by atoms with Gasteiger partial charge in [-0.05, 0) is 24.3 Å². The molecular formula is C19H17Cl2F4N3O5S. The third-order valence-corrected chi connectivity index (χ3v) is 6.61. The second-order valence-electron chi connectivity index (χ2n) is 7.29. The first-order chi connectivity index (χ1) is 15.7. The minimum Gasteiger partial charge on any atom is -0.486 e. The quantitative estimate of drug-likeness (QED) is 0.532. The van der Waals surface area contributed by atoms with Crippen molar-refractivity contribution in [1.29, 1.82) is 0 Å². The summed E-state index contributed by atoms with van der Waals surface area (Å²) in [6.45, 7) is 0.439. The van der Waals surface area contributed by atoms with E-state index in [2.05, 4.69) is 4.74 Å². The first-order valence-electron chi connectivity index (χ1n) is 9.37. The van der Waals surface area contributed by atoms with Gasteiger partial charge in [-0.3, -0.25) is 4.79 Å². The van der Waals surface area contributed by atoms with Gasteiger partial charge < -0.3 is 14.4 Å². The molecule has 0 aliphatic carbocycles. The highest BCUT2D eigenvalue weighted by atomic mass is 35.5. The van der Waals surface area contributed by atoms with Gasteiger partial charge in [-0.15, -0.1) is 13.2 Å². The van der Waals surface area contributed by atoms with E-state index >= 15 is 0 Å². The molecule has 0 unspecified atom stereocenters. The molecule has 0 spiro atoms. The predicted octanol–water partition coefficient (Wildman–Crippen LogP) is 3.83. The summed E-state index contributed by atoms with van der Waals surface area (Å²) in [4.78, 5) is 14.2. The minimum atomic E-state index is -4.88. The number of rotatable bonds is 7. The molecule has 15 heteroatoms. The van der Waals surface area contributed by atoms with E-state index in [-0.39, 0.29) is 29.4 Å². The normalized spacial score (nSPS) is 14.7. The number of nitrogens with one attached hydrogen (secondary N) is 1. The number of carbonyl (C=O) groups is 1. The van der Waals surface area contributed by atoms with Gasteiger partial charge in [-0.1, -0.05) is 23.2 Å². The van der Waals surface area contributed by atoms with Gasteiger partial charge in [0.2, 0.25) is 0 Å². The molecule has 1 heterocycles. The molecule has 1 aliphatic heterocycles. The molecule has 2 aromatic rings. The van der Waals surface area contributed by atoms with E-state index in [1.165, 1.54) is 26.2 Å². The van der Waals surface area contributed by atoms with Crippen molar-refractivity contribution < 1.29 is 40.2 Å². The Hall–Kier alpha value is -2.48. The molecule has 186 valence electrons. The predicted molar refractivity (Wildman–Crippen MR) is 116 cm³/mol. The van der Waals surface area contributed by atoms with Gasteiger partial charge in [-0.2, -0.15) is 12.7 Å². The zero-order valence-electron chi connectivity index (χ0n) is 17.5. The highest BCUT2D eigenvalue weighted by Crippen LogP contribution is 2.35. The molecule has 3 rings (SSSR count). The Labute approximate surface area is 202 Å². The molecule has 1 fully saturated rings. The lowest BCUT2D eigenvalue weighted by Gasteiger charge is -2.41. The fraction of sp³-hybridized carbons (Fsp3) is 0.316. The number of carbonyl (C=O) groups excluding carboxylic acids is 1. The summed E-state index contributed by atoms with van der Waals surface area (Å²) in [5.41, 5.74) is 0.184. The molecular weight excluding hydrogens is 529 g/mol. The fourth-order valence-electron chi connectivity index (χ4n) is 2.86. The molecule has 0 atom stereocenters. The fourth-order valence-corrected chi connectivity index (χ4v) is 3.77. The summed E-state index contributed by atoms with van der Waals surface area (Å²) in [5, 5.41) is -0.661. The largest absolute Gasteiger partial charge is 0.573 e. The number of nitrogens with zero attached hydrogens (tertiary/aromatic N) is 2. The first kappa shape index (κ1) is 26.1. The van der Waals surface area contributed by atoms with Crippen molar-refractivity contribution in [2.24, 2.45) is 0 Å². The van der Waals surface area contributed by atoms with Gasteiger partial charge in [0.25, 0.3) is 5.91 Å². The lowest BCUT2D eigenvalue weighted by Crippen LogP contribution is -2.54. The van der Waals surface area contributed by atoms with E-state index in [1.807, 2.05) is 4.72 Å². The van der Waals surface area contributed by atoms with Crippen molar-refractivity contribution in [2.75, 3.05) is 32.1 Å². The Morgan fingerprint density at radius 2 is 1.76 bits per heavy atom. The number of amides is 1. The molecule has 1 N–H and O–H groups in total. The highest BCUT2D eigenvalue weighted by molar-refractivity contribution is 7.87. The Morgan fingerprint density at radius 3 is 2.32 bits per heavy atom. The van der Waals surface area contributed by atoms with Gasteiger partial charge in [0.1, 0.15) is 23.4 Å². The number of ether oxygens (including phenoxy) is 2. The zero-order valence-corrected chi connectivity index (χ0v) is 19.8. The highest BCUT2D eigenvalue weighted by Gasteiger charge is 2.34. The van der Waals surface area contributed by atoms with Crippen LogP contribution in [-0.2, 0) is 10.2 Å². The van der Waals surface area contributed by atoms with E-state index < -0.39 is 45.2 Å². The van der Waals surface area contributed by atoms with Crippen LogP contribution in [-0.4, -0.2) is 58.3 Å². The summed E-state index contributed by atoms with van der Waals surface area (Å²) < 4.78 is 87.1. The molecule has 1 aliphatic rings. The molecule has 1 amide bonds. The van der Waals surface area contributed by atoms with E-state index in [1.54, 1.807) is 4.90 Å². The van der Waals surface area contributed by atoms with Gasteiger partial charge >= 0.3 is 16.6 Å². The molecule has 2 aromatic carbocycles. The Balaban J connectivity index is 1.71. The number of anilines is 1. The topological polar surface area (TPSA) is 88.2 Å². The third kappa shape index (κ3) is 6.14. The van der Waals surface area contributed by atoms with Crippen LogP contribution >= 0.6 is 23.2 Å². The van der Waals surface area contributed by atoms with Crippen LogP contribution in [0.15, 0.2) is 30.3 Å². The van der Waals surface area contributed by atoms with Crippen LogP contribution < -0.4 is 19.1 Å². The van der Waals surface area contributed by atoms with Gasteiger partial charge in [0.05, 0.1) is 28.7 Å². The first-order valence-corrected chi connectivity index (χ1v) is 11.6. The van der Waals surface area contributed by atoms with Crippen molar-refractivity contribution in [3.63, 3.8) is 0 Å². The number of alkyl halides is 3. The molecule has 34 heavy (non-hydrogen) atoms. The summed E-state index contributed by atoms with van der Waals surface area (Å²) in [6.07, 6.45) is -5.44. The second-order valence-corrected chi connectivity index (χ2v) is 9.99. The molecule has 1 saturated heterocycles. The molecule has 0 bridgehead atoms. The SMILES string of the molecule is CN(C)S(=O)(=O)NC(=O)c1cc(Cl)c(F)cc1OC1CN(c2ccc(OC(F)(F)F)c(Cl)c2)C1. The maximum absolute atomic E-state index is 14.0. The number of hydrogen-bond acceptors (Lipinski definition) is 6. The van der Waals surface area contributed by atoms with Crippen LogP contribution in [0, 0.1) is 5.82 Å². The summed E-state index contributed by atoms with van der Waals surface area (Å²) >= 11 is 11.6. The van der Waals surface area contributed by atoms with Crippen molar-refractivity contribution in [3.8, 4) is 11.5 Å². The van der Waals surface area contributed by atoms with Crippen molar-refractivity contribution >= 4 is 45.0 Å². The lowest BCUT2D eigenvalue weighted by molar-refractivity contribution is -0.274. The van der Waals surface area contributed by atoms with Crippen LogP contribution in [0.25, 0.3) is 0 Å². The van der Waals surface area contributed by atoms with Gasteiger partial charge in [0, 0.05) is 25.8 Å². The monoisotopic (exact) mass is 545 g/mol. The second kappa shape index (κ2) is 9.64. The number of halogens is 6. The van der Waals surface area contributed by atoms with Gasteiger partial charge in [0.15, 0.2) is 0 Å². The van der Waals surface area contributed by atoms with E-state index in [4.69, 9.17) is 27.9 Å². The Morgan fingerprint density at radius 1 is 1.12 bits per heavy atom. The third-order valence-electron chi connectivity index (χ3n) is 4.62. The van der Waals surface area contributed by atoms with Crippen LogP contribution in [0.3, 0.4) is 0 Å². The number of hydrogen-bond donors (Lipinski definition) is 1.